The number of carbonyl (C=O) groups excluding carboxylic acids is 1. The van der Waals surface area contributed by atoms with Crippen molar-refractivity contribution in [1.82, 2.24) is 0 Å². The molecule has 0 bridgehead atoms. The maximum absolute atomic E-state index is 11.5. The standard InChI is InChI=1S/C11H19NOSSi/c1-5-7-11(15(2,3)4)9(10(12)13)6-8-14-11/h5-6,8-9H,1,7H2,2-4H3,(H2,12,13). The molecule has 1 aliphatic rings. The Bertz CT molecular complexity index is 308. The summed E-state index contributed by atoms with van der Waals surface area (Å²) in [5.74, 6) is -0.340. The van der Waals surface area contributed by atoms with Gasteiger partial charge in [-0.15, -0.1) is 18.3 Å². The molecular weight excluding hydrogens is 222 g/mol. The van der Waals surface area contributed by atoms with Gasteiger partial charge in [0, 0.05) is 4.37 Å². The van der Waals surface area contributed by atoms with Crippen molar-refractivity contribution >= 4 is 25.7 Å². The van der Waals surface area contributed by atoms with Crippen molar-refractivity contribution < 1.29 is 4.79 Å². The Kier molecular flexibility index (Phi) is 3.50. The second-order valence-electron chi connectivity index (χ2n) is 4.96. The molecule has 84 valence electrons. The molecule has 1 aliphatic heterocycles. The van der Waals surface area contributed by atoms with E-state index in [0.29, 0.717) is 0 Å². The average molecular weight is 241 g/mol. The number of rotatable bonds is 4. The summed E-state index contributed by atoms with van der Waals surface area (Å²) in [7, 11) is -1.49. The molecule has 0 spiro atoms. The predicted molar refractivity (Wildman–Crippen MR) is 70.3 cm³/mol. The summed E-state index contributed by atoms with van der Waals surface area (Å²) in [4.78, 5) is 11.5. The number of thioether (sulfide) groups is 1. The van der Waals surface area contributed by atoms with Gasteiger partial charge >= 0.3 is 0 Å². The fraction of sp³-hybridized carbons (Fsp3) is 0.545. The van der Waals surface area contributed by atoms with Crippen LogP contribution in [0, 0.1) is 5.92 Å². The number of hydrogen-bond donors (Lipinski definition) is 1. The first-order chi connectivity index (χ1) is 6.85. The lowest BCUT2D eigenvalue weighted by Crippen LogP contribution is -2.55. The van der Waals surface area contributed by atoms with Crippen molar-refractivity contribution in [3.63, 3.8) is 0 Å². The van der Waals surface area contributed by atoms with Crippen LogP contribution in [0.25, 0.3) is 0 Å². The third kappa shape index (κ3) is 2.06. The molecule has 2 nitrogen and oxygen atoms in total. The van der Waals surface area contributed by atoms with Gasteiger partial charge < -0.3 is 5.73 Å². The van der Waals surface area contributed by atoms with E-state index < -0.39 is 8.07 Å². The van der Waals surface area contributed by atoms with Crippen LogP contribution >= 0.6 is 11.8 Å². The zero-order valence-electron chi connectivity index (χ0n) is 9.62. The quantitative estimate of drug-likeness (QED) is 0.607. The van der Waals surface area contributed by atoms with Crippen LogP contribution in [-0.4, -0.2) is 18.4 Å². The summed E-state index contributed by atoms with van der Waals surface area (Å²) in [6, 6.07) is 0. The first-order valence-electron chi connectivity index (χ1n) is 5.10. The lowest BCUT2D eigenvalue weighted by atomic mass is 10.0. The summed E-state index contributed by atoms with van der Waals surface area (Å²) < 4.78 is -0.0272. The zero-order valence-corrected chi connectivity index (χ0v) is 11.4. The Morgan fingerprint density at radius 1 is 1.67 bits per heavy atom. The predicted octanol–water partition coefficient (Wildman–Crippen LogP) is 2.54. The van der Waals surface area contributed by atoms with Crippen LogP contribution in [0.15, 0.2) is 24.1 Å². The molecule has 15 heavy (non-hydrogen) atoms. The maximum Gasteiger partial charge on any atom is 0.225 e. The third-order valence-corrected chi connectivity index (χ3v) is 9.45. The van der Waals surface area contributed by atoms with E-state index in [4.69, 9.17) is 5.73 Å². The van der Waals surface area contributed by atoms with E-state index in [-0.39, 0.29) is 16.2 Å². The normalized spacial score (nSPS) is 30.5. The van der Waals surface area contributed by atoms with Crippen LogP contribution in [0.2, 0.25) is 19.6 Å². The van der Waals surface area contributed by atoms with Gasteiger partial charge in [0.1, 0.15) is 0 Å². The van der Waals surface area contributed by atoms with E-state index in [1.54, 1.807) is 11.8 Å². The van der Waals surface area contributed by atoms with E-state index in [1.807, 2.05) is 17.6 Å². The summed E-state index contributed by atoms with van der Waals surface area (Å²) in [6.45, 7) is 10.7. The molecule has 0 saturated carbocycles. The average Bonchev–Trinajstić information content (AvgIpc) is 2.48. The van der Waals surface area contributed by atoms with E-state index in [0.717, 1.165) is 6.42 Å². The van der Waals surface area contributed by atoms with Gasteiger partial charge in [-0.3, -0.25) is 4.79 Å². The van der Waals surface area contributed by atoms with Crippen LogP contribution in [0.1, 0.15) is 6.42 Å². The Hall–Kier alpha value is -0.483. The lowest BCUT2D eigenvalue weighted by Gasteiger charge is -2.42. The van der Waals surface area contributed by atoms with Crippen molar-refractivity contribution in [3.8, 4) is 0 Å². The fourth-order valence-corrected chi connectivity index (χ4v) is 6.71. The molecule has 1 heterocycles. The highest BCUT2D eigenvalue weighted by atomic mass is 32.2. The summed E-state index contributed by atoms with van der Waals surface area (Å²) in [6.07, 6.45) is 4.72. The summed E-state index contributed by atoms with van der Waals surface area (Å²) in [5.41, 5.74) is 5.48. The van der Waals surface area contributed by atoms with Crippen molar-refractivity contribution in [3.05, 3.63) is 24.1 Å². The zero-order chi connectivity index (χ0) is 11.7. The first kappa shape index (κ1) is 12.6. The lowest BCUT2D eigenvalue weighted by molar-refractivity contribution is -0.120. The Labute approximate surface area is 97.0 Å². The van der Waals surface area contributed by atoms with Gasteiger partial charge in [-0.1, -0.05) is 31.8 Å². The summed E-state index contributed by atoms with van der Waals surface area (Å²) in [5, 5.41) is 2.02. The third-order valence-electron chi connectivity index (χ3n) is 3.08. The highest BCUT2D eigenvalue weighted by Crippen LogP contribution is 2.49. The molecule has 2 unspecified atom stereocenters. The molecule has 0 aliphatic carbocycles. The Morgan fingerprint density at radius 3 is 2.67 bits per heavy atom. The molecule has 0 radical (unpaired) electrons. The van der Waals surface area contributed by atoms with E-state index in [9.17, 15) is 4.79 Å². The van der Waals surface area contributed by atoms with Gasteiger partial charge in [0.25, 0.3) is 0 Å². The molecule has 1 rings (SSSR count). The number of hydrogen-bond acceptors (Lipinski definition) is 2. The number of nitrogens with two attached hydrogens (primary N) is 1. The highest BCUT2D eigenvalue weighted by molar-refractivity contribution is 8.05. The highest BCUT2D eigenvalue weighted by Gasteiger charge is 2.52. The van der Waals surface area contributed by atoms with Crippen LogP contribution in [-0.2, 0) is 4.79 Å². The molecule has 0 saturated heterocycles. The molecule has 1 amide bonds. The first-order valence-corrected chi connectivity index (χ1v) is 9.48. The van der Waals surface area contributed by atoms with Gasteiger partial charge in [-0.2, -0.15) is 0 Å². The summed E-state index contributed by atoms with van der Waals surface area (Å²) >= 11 is 1.77. The molecular formula is C11H19NOSSi. The molecule has 0 fully saturated rings. The smallest absolute Gasteiger partial charge is 0.225 e. The fourth-order valence-electron chi connectivity index (χ4n) is 2.13. The second kappa shape index (κ2) is 4.18. The number of carbonyl (C=O) groups is 1. The minimum Gasteiger partial charge on any atom is -0.369 e. The topological polar surface area (TPSA) is 43.1 Å². The van der Waals surface area contributed by atoms with E-state index in [2.05, 4.69) is 26.2 Å². The van der Waals surface area contributed by atoms with Crippen LogP contribution in [0.3, 0.4) is 0 Å². The molecule has 0 aromatic heterocycles. The number of primary amides is 1. The Morgan fingerprint density at radius 2 is 2.27 bits per heavy atom. The number of allylic oxidation sites excluding steroid dienone is 1. The van der Waals surface area contributed by atoms with Gasteiger partial charge in [0.05, 0.1) is 14.0 Å². The van der Waals surface area contributed by atoms with Crippen LogP contribution in [0.5, 0.6) is 0 Å². The molecule has 0 aromatic carbocycles. The number of amides is 1. The van der Waals surface area contributed by atoms with Gasteiger partial charge in [0.15, 0.2) is 0 Å². The molecule has 2 N–H and O–H groups in total. The van der Waals surface area contributed by atoms with Crippen molar-refractivity contribution in [1.29, 1.82) is 0 Å². The van der Waals surface area contributed by atoms with Crippen molar-refractivity contribution in [2.45, 2.75) is 30.4 Å². The van der Waals surface area contributed by atoms with Gasteiger partial charge in [-0.05, 0) is 11.8 Å². The van der Waals surface area contributed by atoms with Crippen molar-refractivity contribution in [2.75, 3.05) is 0 Å². The van der Waals surface area contributed by atoms with Crippen LogP contribution < -0.4 is 5.73 Å². The largest absolute Gasteiger partial charge is 0.369 e. The molecule has 0 aromatic rings. The minimum absolute atomic E-state index is 0.0272. The Balaban J connectivity index is 3.12. The van der Waals surface area contributed by atoms with Crippen molar-refractivity contribution in [2.24, 2.45) is 11.7 Å². The van der Waals surface area contributed by atoms with E-state index in [1.165, 1.54) is 0 Å². The van der Waals surface area contributed by atoms with E-state index >= 15 is 0 Å². The van der Waals surface area contributed by atoms with Gasteiger partial charge in [-0.25, -0.2) is 0 Å². The minimum atomic E-state index is -1.49. The van der Waals surface area contributed by atoms with Gasteiger partial charge in [0.2, 0.25) is 5.91 Å². The SMILES string of the molecule is C=CCC1([Si](C)(C)C)SC=CC1C(N)=O. The second-order valence-corrected chi connectivity index (χ2v) is 11.9. The molecule has 2 atom stereocenters. The maximum atomic E-state index is 11.5. The van der Waals surface area contributed by atoms with Crippen LogP contribution in [0.4, 0.5) is 0 Å². The molecule has 4 heteroatoms. The monoisotopic (exact) mass is 241 g/mol.